The van der Waals surface area contributed by atoms with Gasteiger partial charge in [-0.3, -0.25) is 4.79 Å². The Hall–Kier alpha value is -1.03. The number of hydrogen-bond donors (Lipinski definition) is 0. The first-order valence-electron chi connectivity index (χ1n) is 4.05. The summed E-state index contributed by atoms with van der Waals surface area (Å²) in [6.07, 6.45) is 1.38. The molecule has 1 aromatic heterocycles. The van der Waals surface area contributed by atoms with Gasteiger partial charge in [0, 0.05) is 25.0 Å². The zero-order valence-electron chi connectivity index (χ0n) is 7.36. The molecule has 0 bridgehead atoms. The number of alkyl halides is 1. The number of carbonyl (C=O) groups is 1. The Labute approximate surface area is 81.4 Å². The Morgan fingerprint density at radius 2 is 2.54 bits per heavy atom. The van der Waals surface area contributed by atoms with E-state index < -0.39 is 0 Å². The van der Waals surface area contributed by atoms with E-state index in [9.17, 15) is 4.79 Å². The van der Waals surface area contributed by atoms with Crippen LogP contribution in [0.3, 0.4) is 0 Å². The lowest BCUT2D eigenvalue weighted by Gasteiger charge is -2.17. The van der Waals surface area contributed by atoms with Gasteiger partial charge in [-0.05, 0) is 6.92 Å². The summed E-state index contributed by atoms with van der Waals surface area (Å²) >= 11 is 5.54. The largest absolute Gasteiger partial charge is 0.364 e. The number of hydrogen-bond acceptors (Lipinski definition) is 3. The molecule has 0 aliphatic carbocycles. The minimum absolute atomic E-state index is 0.142. The molecule has 13 heavy (non-hydrogen) atoms. The molecule has 0 fully saturated rings. The molecule has 1 rings (SSSR count). The zero-order valence-corrected chi connectivity index (χ0v) is 8.12. The van der Waals surface area contributed by atoms with Gasteiger partial charge >= 0.3 is 0 Å². The molecule has 0 unspecified atom stereocenters. The highest BCUT2D eigenvalue weighted by atomic mass is 35.5. The van der Waals surface area contributed by atoms with Crippen LogP contribution in [0.5, 0.6) is 0 Å². The average molecular weight is 203 g/mol. The molecular weight excluding hydrogens is 192 g/mol. The lowest BCUT2D eigenvalue weighted by molar-refractivity contribution is 0.0763. The van der Waals surface area contributed by atoms with E-state index in [0.29, 0.717) is 24.7 Å². The Morgan fingerprint density at radius 3 is 3.00 bits per heavy atom. The van der Waals surface area contributed by atoms with Gasteiger partial charge in [-0.15, -0.1) is 11.6 Å². The van der Waals surface area contributed by atoms with E-state index in [0.717, 1.165) is 0 Å². The first-order chi connectivity index (χ1) is 6.29. The van der Waals surface area contributed by atoms with Crippen molar-refractivity contribution in [3.63, 3.8) is 0 Å². The van der Waals surface area contributed by atoms with Crippen molar-refractivity contribution in [1.82, 2.24) is 10.1 Å². The number of rotatable bonds is 4. The predicted octanol–water partition coefficient (Wildman–Crippen LogP) is 1.38. The van der Waals surface area contributed by atoms with Crippen molar-refractivity contribution in [3.05, 3.63) is 18.0 Å². The molecule has 0 atom stereocenters. The first kappa shape index (κ1) is 10.1. The molecule has 4 nitrogen and oxygen atoms in total. The molecule has 0 aliphatic rings. The molecule has 0 radical (unpaired) electrons. The second-order valence-corrected chi connectivity index (χ2v) is 2.84. The highest BCUT2D eigenvalue weighted by Gasteiger charge is 2.15. The summed E-state index contributed by atoms with van der Waals surface area (Å²) in [5.74, 6) is 0.286. The topological polar surface area (TPSA) is 46.3 Å². The summed E-state index contributed by atoms with van der Waals surface area (Å²) in [5.41, 5.74) is 0.326. The molecule has 0 N–H and O–H groups in total. The zero-order chi connectivity index (χ0) is 9.68. The average Bonchev–Trinajstić information content (AvgIpc) is 2.65. The van der Waals surface area contributed by atoms with Crippen LogP contribution in [0.2, 0.25) is 0 Å². The second kappa shape index (κ2) is 4.87. The Morgan fingerprint density at radius 1 is 1.77 bits per heavy atom. The summed E-state index contributed by atoms with van der Waals surface area (Å²) in [6.45, 7) is 3.05. The first-order valence-corrected chi connectivity index (χ1v) is 4.58. The van der Waals surface area contributed by atoms with Crippen molar-refractivity contribution in [2.24, 2.45) is 0 Å². The van der Waals surface area contributed by atoms with E-state index in [2.05, 4.69) is 9.68 Å². The summed E-state index contributed by atoms with van der Waals surface area (Å²) < 4.78 is 4.58. The van der Waals surface area contributed by atoms with Gasteiger partial charge in [0.25, 0.3) is 5.91 Å². The van der Waals surface area contributed by atoms with Crippen LogP contribution in [0, 0.1) is 0 Å². The highest BCUT2D eigenvalue weighted by molar-refractivity contribution is 6.18. The van der Waals surface area contributed by atoms with Crippen molar-refractivity contribution in [2.75, 3.05) is 19.0 Å². The quantitative estimate of drug-likeness (QED) is 0.693. The normalized spacial score (nSPS) is 10.0. The Balaban J connectivity index is 2.65. The Kier molecular flexibility index (Phi) is 3.76. The fourth-order valence-electron chi connectivity index (χ4n) is 0.990. The van der Waals surface area contributed by atoms with Crippen LogP contribution in [0.25, 0.3) is 0 Å². The third kappa shape index (κ3) is 2.45. The Bertz CT molecular complexity index is 261. The summed E-state index contributed by atoms with van der Waals surface area (Å²) in [7, 11) is 0. The van der Waals surface area contributed by atoms with Crippen molar-refractivity contribution >= 4 is 17.5 Å². The fraction of sp³-hybridized carbons (Fsp3) is 0.500. The van der Waals surface area contributed by atoms with Gasteiger partial charge in [-0.2, -0.15) is 0 Å². The predicted molar refractivity (Wildman–Crippen MR) is 48.8 cm³/mol. The van der Waals surface area contributed by atoms with Gasteiger partial charge in [0.05, 0.1) is 0 Å². The van der Waals surface area contributed by atoms with Crippen molar-refractivity contribution in [2.45, 2.75) is 6.92 Å². The number of halogens is 1. The number of aromatic nitrogens is 1. The number of carbonyl (C=O) groups excluding carboxylic acids is 1. The maximum atomic E-state index is 11.6. The van der Waals surface area contributed by atoms with E-state index in [-0.39, 0.29) is 5.91 Å². The van der Waals surface area contributed by atoms with E-state index in [1.165, 1.54) is 6.26 Å². The molecule has 0 saturated carbocycles. The molecule has 0 spiro atoms. The van der Waals surface area contributed by atoms with Gasteiger partial charge in [0.2, 0.25) is 0 Å². The van der Waals surface area contributed by atoms with Crippen LogP contribution in [-0.4, -0.2) is 34.9 Å². The molecule has 0 aliphatic heterocycles. The molecule has 72 valence electrons. The standard InChI is InChI=1S/C8H11ClN2O2/c1-2-11(5-4-9)8(12)7-3-6-13-10-7/h3,6H,2,4-5H2,1H3. The van der Waals surface area contributed by atoms with Crippen molar-refractivity contribution in [1.29, 1.82) is 0 Å². The van der Waals surface area contributed by atoms with Crippen LogP contribution in [0.4, 0.5) is 0 Å². The summed E-state index contributed by atoms with van der Waals surface area (Å²) in [5, 5.41) is 3.56. The van der Waals surface area contributed by atoms with Crippen LogP contribution in [-0.2, 0) is 0 Å². The molecule has 1 amide bonds. The molecule has 5 heteroatoms. The minimum Gasteiger partial charge on any atom is -0.364 e. The van der Waals surface area contributed by atoms with E-state index in [1.807, 2.05) is 6.92 Å². The van der Waals surface area contributed by atoms with Crippen LogP contribution >= 0.6 is 11.6 Å². The lowest BCUT2D eigenvalue weighted by Crippen LogP contribution is -2.32. The third-order valence-corrected chi connectivity index (χ3v) is 1.85. The van der Waals surface area contributed by atoms with E-state index >= 15 is 0 Å². The number of nitrogens with zero attached hydrogens (tertiary/aromatic N) is 2. The SMILES string of the molecule is CCN(CCCl)C(=O)c1ccon1. The molecule has 0 saturated heterocycles. The molecular formula is C8H11ClN2O2. The van der Waals surface area contributed by atoms with Gasteiger partial charge in [-0.1, -0.05) is 5.16 Å². The third-order valence-electron chi connectivity index (χ3n) is 1.68. The second-order valence-electron chi connectivity index (χ2n) is 2.46. The van der Waals surface area contributed by atoms with Crippen LogP contribution in [0.15, 0.2) is 16.9 Å². The minimum atomic E-state index is -0.142. The van der Waals surface area contributed by atoms with Gasteiger partial charge < -0.3 is 9.42 Å². The highest BCUT2D eigenvalue weighted by Crippen LogP contribution is 2.01. The van der Waals surface area contributed by atoms with E-state index in [1.54, 1.807) is 11.0 Å². The molecule has 0 aromatic carbocycles. The maximum Gasteiger partial charge on any atom is 0.276 e. The van der Waals surface area contributed by atoms with Gasteiger partial charge in [0.1, 0.15) is 6.26 Å². The van der Waals surface area contributed by atoms with E-state index in [4.69, 9.17) is 11.6 Å². The van der Waals surface area contributed by atoms with Crippen LogP contribution in [0.1, 0.15) is 17.4 Å². The van der Waals surface area contributed by atoms with Gasteiger partial charge in [-0.25, -0.2) is 0 Å². The van der Waals surface area contributed by atoms with Crippen LogP contribution < -0.4 is 0 Å². The van der Waals surface area contributed by atoms with Crippen molar-refractivity contribution in [3.8, 4) is 0 Å². The lowest BCUT2D eigenvalue weighted by atomic mass is 10.3. The van der Waals surface area contributed by atoms with Crippen molar-refractivity contribution < 1.29 is 9.32 Å². The maximum absolute atomic E-state index is 11.6. The molecule has 1 aromatic rings. The fourth-order valence-corrected chi connectivity index (χ4v) is 1.19. The molecule has 1 heterocycles. The summed E-state index contributed by atoms with van der Waals surface area (Å²) in [4.78, 5) is 13.2. The summed E-state index contributed by atoms with van der Waals surface area (Å²) in [6, 6.07) is 1.54. The monoisotopic (exact) mass is 202 g/mol. The smallest absolute Gasteiger partial charge is 0.276 e. The number of amides is 1. The van der Waals surface area contributed by atoms with Gasteiger partial charge in [0.15, 0.2) is 5.69 Å².